The van der Waals surface area contributed by atoms with Gasteiger partial charge in [0.15, 0.2) is 0 Å². The fraction of sp³-hybridized carbons (Fsp3) is 0.0909. The smallest absolute Gasteiger partial charge is 0.335 e. The molecular weight excluding hydrogens is 244 g/mol. The molecule has 5 nitrogen and oxygen atoms in total. The number of ether oxygens (including phenoxy) is 1. The summed E-state index contributed by atoms with van der Waals surface area (Å²) in [6.45, 7) is 4.75. The minimum atomic E-state index is -4.49. The summed E-state index contributed by atoms with van der Waals surface area (Å²) in [5.74, 6) is -0.460. The lowest BCUT2D eigenvalue weighted by molar-refractivity contribution is -0.129. The van der Waals surface area contributed by atoms with E-state index in [0.717, 1.165) is 18.2 Å². The molecule has 0 aliphatic rings. The van der Waals surface area contributed by atoms with Gasteiger partial charge in [-0.15, -0.1) is 0 Å². The lowest BCUT2D eigenvalue weighted by atomic mass is 10.2. The molecule has 1 rings (SSSR count). The van der Waals surface area contributed by atoms with Crippen molar-refractivity contribution >= 4 is 16.1 Å². The third kappa shape index (κ3) is 3.93. The van der Waals surface area contributed by atoms with Gasteiger partial charge in [0.05, 0.1) is 4.90 Å². The van der Waals surface area contributed by atoms with Crippen molar-refractivity contribution in [3.8, 4) is 5.75 Å². The van der Waals surface area contributed by atoms with Crippen LogP contribution in [0.2, 0.25) is 0 Å². The Morgan fingerprint density at radius 3 is 2.47 bits per heavy atom. The van der Waals surface area contributed by atoms with Crippen LogP contribution in [0.1, 0.15) is 5.56 Å². The number of rotatable bonds is 3. The van der Waals surface area contributed by atoms with E-state index in [-0.39, 0.29) is 18.1 Å². The highest BCUT2D eigenvalue weighted by molar-refractivity contribution is 7.85. The van der Waals surface area contributed by atoms with E-state index in [1.54, 1.807) is 0 Å². The molecule has 0 spiro atoms. The molecule has 6 heteroatoms. The summed E-state index contributed by atoms with van der Waals surface area (Å²) < 4.78 is 36.9. The molecule has 0 fully saturated rings. The fourth-order valence-electron chi connectivity index (χ4n) is 1.04. The predicted octanol–water partition coefficient (Wildman–Crippen LogP) is 1.44. The quantitative estimate of drug-likeness (QED) is 0.268. The molecule has 1 aromatic rings. The third-order valence-corrected chi connectivity index (χ3v) is 2.64. The second-order valence-electron chi connectivity index (χ2n) is 3.01. The number of carbonyl (C=O) groups is 1. The van der Waals surface area contributed by atoms with Crippen LogP contribution in [0.15, 0.2) is 35.7 Å². The van der Waals surface area contributed by atoms with Crippen LogP contribution >= 0.6 is 0 Å². The topological polar surface area (TPSA) is 83.5 Å². The molecule has 0 bridgehead atoms. The maximum absolute atomic E-state index is 10.9. The van der Waals surface area contributed by atoms with Crippen molar-refractivity contribution in [3.63, 3.8) is 0 Å². The van der Waals surface area contributed by atoms with Crippen LogP contribution in [-0.4, -0.2) is 18.9 Å². The van der Waals surface area contributed by atoms with Crippen molar-refractivity contribution in [2.75, 3.05) is 0 Å². The molecular formula is C11H12O5S. The molecule has 0 saturated heterocycles. The summed E-state index contributed by atoms with van der Waals surface area (Å²) in [5.41, 5.74) is 0.382. The van der Waals surface area contributed by atoms with Crippen molar-refractivity contribution in [2.24, 2.45) is 0 Å². The van der Waals surface area contributed by atoms with Crippen LogP contribution < -0.4 is 4.74 Å². The number of hydrogen-bond donors (Lipinski definition) is 0. The molecule has 0 aliphatic carbocycles. The van der Waals surface area contributed by atoms with E-state index in [1.807, 2.05) is 0 Å². The van der Waals surface area contributed by atoms with Crippen molar-refractivity contribution in [3.05, 3.63) is 43.8 Å². The Hall–Kier alpha value is -1.79. The molecule has 17 heavy (non-hydrogen) atoms. The largest absolute Gasteiger partial charge is 0.744 e. The highest BCUT2D eigenvalue weighted by atomic mass is 32.2. The van der Waals surface area contributed by atoms with Crippen LogP contribution in [0.3, 0.4) is 0 Å². The summed E-state index contributed by atoms with van der Waals surface area (Å²) >= 11 is 0. The zero-order valence-electron chi connectivity index (χ0n) is 9.47. The predicted molar refractivity (Wildman–Crippen MR) is 61.4 cm³/mol. The first kappa shape index (κ1) is 15.2. The normalized spacial score (nSPS) is 10.2. The number of carbonyl (C=O) groups excluding carboxylic acids is 1. The molecule has 0 aromatic heterocycles. The summed E-state index contributed by atoms with van der Waals surface area (Å²) in [6, 6.07) is 3.48. The first-order valence-electron chi connectivity index (χ1n) is 4.25. The lowest BCUT2D eigenvalue weighted by Crippen LogP contribution is -2.05. The van der Waals surface area contributed by atoms with Gasteiger partial charge in [0, 0.05) is 13.5 Å². The molecule has 0 unspecified atom stereocenters. The van der Waals surface area contributed by atoms with E-state index in [4.69, 9.17) is 4.74 Å². The number of aryl methyl sites for hydroxylation is 1. The molecule has 0 heterocycles. The van der Waals surface area contributed by atoms with Crippen LogP contribution in [0.5, 0.6) is 5.75 Å². The maximum atomic E-state index is 10.9. The Bertz CT molecular complexity index is 531. The van der Waals surface area contributed by atoms with Gasteiger partial charge in [-0.2, -0.15) is 0 Å². The standard InChI is InChI=1S/C10H10O5S.CH3/c1-3-10(11)15-9-5-4-8(6-7(9)2)16(12,13)14;/h3-6H,1H2,2H3,(H,12,13,14);1H3/q;+1/p-1. The van der Waals surface area contributed by atoms with Crippen molar-refractivity contribution in [1.29, 1.82) is 0 Å². The fourth-order valence-corrected chi connectivity index (χ4v) is 1.60. The molecule has 0 radical (unpaired) electrons. The third-order valence-electron chi connectivity index (χ3n) is 1.81. The van der Waals surface area contributed by atoms with Crippen molar-refractivity contribution in [2.45, 2.75) is 11.8 Å². The van der Waals surface area contributed by atoms with Crippen molar-refractivity contribution in [1.82, 2.24) is 0 Å². The first-order chi connectivity index (χ1) is 7.34. The molecule has 0 N–H and O–H groups in total. The molecule has 0 aliphatic heterocycles. The van der Waals surface area contributed by atoms with E-state index < -0.39 is 16.1 Å². The van der Waals surface area contributed by atoms with Gasteiger partial charge in [0.2, 0.25) is 0 Å². The van der Waals surface area contributed by atoms with Crippen molar-refractivity contribution < 1.29 is 22.5 Å². The van der Waals surface area contributed by atoms with E-state index in [9.17, 15) is 17.8 Å². The van der Waals surface area contributed by atoms with E-state index >= 15 is 0 Å². The Kier molecular flexibility index (Phi) is 4.93. The molecule has 0 saturated carbocycles. The monoisotopic (exact) mass is 256 g/mol. The van der Waals surface area contributed by atoms with E-state index in [2.05, 4.69) is 6.58 Å². The van der Waals surface area contributed by atoms with E-state index in [1.165, 1.54) is 13.0 Å². The van der Waals surface area contributed by atoms with Gasteiger partial charge < -0.3 is 9.29 Å². The van der Waals surface area contributed by atoms with Gasteiger partial charge in [0.1, 0.15) is 15.9 Å². The highest BCUT2D eigenvalue weighted by Crippen LogP contribution is 2.21. The van der Waals surface area contributed by atoms with Gasteiger partial charge in [-0.3, -0.25) is 0 Å². The van der Waals surface area contributed by atoms with Gasteiger partial charge in [-0.25, -0.2) is 13.2 Å². The molecule has 0 amide bonds. The molecule has 1 aromatic carbocycles. The Labute approximate surface area is 100 Å². The minimum absolute atomic E-state index is 0. The van der Waals surface area contributed by atoms with Gasteiger partial charge in [-0.05, 0) is 30.7 Å². The van der Waals surface area contributed by atoms with Gasteiger partial charge in [0.25, 0.3) is 0 Å². The molecule has 0 atom stereocenters. The first-order valence-corrected chi connectivity index (χ1v) is 5.66. The second kappa shape index (κ2) is 5.51. The van der Waals surface area contributed by atoms with Gasteiger partial charge >= 0.3 is 5.97 Å². The highest BCUT2D eigenvalue weighted by Gasteiger charge is 2.07. The SMILES string of the molecule is C=CC(=O)Oc1ccc(S(=O)(=O)[O-])cc1C.[CH3+]. The summed E-state index contributed by atoms with van der Waals surface area (Å²) in [7, 11) is -4.49. The second-order valence-corrected chi connectivity index (χ2v) is 4.39. The van der Waals surface area contributed by atoms with Gasteiger partial charge in [-0.1, -0.05) is 6.58 Å². The van der Waals surface area contributed by atoms with Crippen LogP contribution in [0.4, 0.5) is 0 Å². The number of esters is 1. The zero-order valence-corrected chi connectivity index (χ0v) is 10.3. The van der Waals surface area contributed by atoms with Crippen LogP contribution in [0, 0.1) is 14.4 Å². The van der Waals surface area contributed by atoms with Crippen LogP contribution in [0.25, 0.3) is 0 Å². The average molecular weight is 256 g/mol. The zero-order chi connectivity index (χ0) is 12.3. The summed E-state index contributed by atoms with van der Waals surface area (Å²) in [5, 5.41) is 0. The maximum Gasteiger partial charge on any atom is 0.335 e. The number of hydrogen-bond acceptors (Lipinski definition) is 5. The summed E-state index contributed by atoms with van der Waals surface area (Å²) in [6.07, 6.45) is 0.984. The minimum Gasteiger partial charge on any atom is -0.744 e. The Morgan fingerprint density at radius 2 is 2.06 bits per heavy atom. The van der Waals surface area contributed by atoms with Crippen LogP contribution in [-0.2, 0) is 14.9 Å². The average Bonchev–Trinajstić information content (AvgIpc) is 2.19. The Balaban J connectivity index is 0.00000256. The summed E-state index contributed by atoms with van der Waals surface area (Å²) in [4.78, 5) is 10.5. The molecule has 92 valence electrons. The Morgan fingerprint density at radius 1 is 1.47 bits per heavy atom. The number of benzene rings is 1. The van der Waals surface area contributed by atoms with E-state index in [0.29, 0.717) is 5.56 Å². The lowest BCUT2D eigenvalue weighted by Gasteiger charge is -2.10.